The van der Waals surface area contributed by atoms with Crippen LogP contribution in [0.4, 0.5) is 5.88 Å². The number of nitrogens with zero attached hydrogens (tertiary/aromatic N) is 1. The third-order valence-corrected chi connectivity index (χ3v) is 2.31. The Hall–Kier alpha value is -2.41. The zero-order chi connectivity index (χ0) is 11.5. The minimum absolute atomic E-state index is 0.139. The van der Waals surface area contributed by atoms with Gasteiger partial charge in [-0.1, -0.05) is 12.1 Å². The zero-order valence-corrected chi connectivity index (χ0v) is 8.73. The molecule has 0 unspecified atom stereocenters. The van der Waals surface area contributed by atoms with Crippen LogP contribution in [-0.4, -0.2) is 7.11 Å². The average Bonchev–Trinajstić information content (AvgIpc) is 2.70. The van der Waals surface area contributed by atoms with Crippen LogP contribution in [0.25, 0.3) is 11.1 Å². The predicted octanol–water partition coefficient (Wildman–Crippen LogP) is 2.41. The summed E-state index contributed by atoms with van der Waals surface area (Å²) in [7, 11) is 1.59. The van der Waals surface area contributed by atoms with E-state index in [2.05, 4.69) is 0 Å². The van der Waals surface area contributed by atoms with E-state index in [1.807, 2.05) is 30.3 Å². The molecule has 80 valence electrons. The van der Waals surface area contributed by atoms with E-state index in [0.717, 1.165) is 11.3 Å². The van der Waals surface area contributed by atoms with Gasteiger partial charge in [0.05, 0.1) is 7.11 Å². The van der Waals surface area contributed by atoms with E-state index in [1.165, 1.54) is 6.26 Å². The van der Waals surface area contributed by atoms with Gasteiger partial charge in [0, 0.05) is 5.56 Å². The van der Waals surface area contributed by atoms with Gasteiger partial charge in [0.1, 0.15) is 23.6 Å². The van der Waals surface area contributed by atoms with Crippen LogP contribution in [0.5, 0.6) is 5.75 Å². The van der Waals surface area contributed by atoms with E-state index >= 15 is 0 Å². The molecule has 0 aliphatic carbocycles. The fourth-order valence-corrected chi connectivity index (χ4v) is 1.49. The van der Waals surface area contributed by atoms with Crippen LogP contribution in [0.15, 0.2) is 34.9 Å². The summed E-state index contributed by atoms with van der Waals surface area (Å²) in [5, 5.41) is 8.95. The molecule has 0 radical (unpaired) electrons. The van der Waals surface area contributed by atoms with Crippen molar-refractivity contribution in [1.82, 2.24) is 0 Å². The molecule has 0 aliphatic rings. The van der Waals surface area contributed by atoms with Crippen molar-refractivity contribution in [3.63, 3.8) is 0 Å². The normalized spacial score (nSPS) is 9.75. The summed E-state index contributed by atoms with van der Waals surface area (Å²) < 4.78 is 10.1. The summed E-state index contributed by atoms with van der Waals surface area (Å²) in [6, 6.07) is 9.39. The predicted molar refractivity (Wildman–Crippen MR) is 59.8 cm³/mol. The first-order valence-electron chi connectivity index (χ1n) is 4.67. The van der Waals surface area contributed by atoms with Crippen molar-refractivity contribution >= 4 is 5.88 Å². The van der Waals surface area contributed by atoms with Crippen molar-refractivity contribution in [3.8, 4) is 22.9 Å². The number of anilines is 1. The highest BCUT2D eigenvalue weighted by atomic mass is 16.5. The molecule has 0 saturated heterocycles. The Balaban J connectivity index is 2.55. The third kappa shape index (κ3) is 1.59. The Bertz CT molecular complexity index is 552. The number of methoxy groups -OCH3 is 1. The molecule has 2 rings (SSSR count). The largest absolute Gasteiger partial charge is 0.497 e. The molecule has 1 aromatic carbocycles. The maximum Gasteiger partial charge on any atom is 0.208 e. The van der Waals surface area contributed by atoms with Gasteiger partial charge in [-0.3, -0.25) is 0 Å². The van der Waals surface area contributed by atoms with Crippen molar-refractivity contribution in [2.45, 2.75) is 0 Å². The van der Waals surface area contributed by atoms with Gasteiger partial charge in [0.15, 0.2) is 0 Å². The highest BCUT2D eigenvalue weighted by Gasteiger charge is 2.12. The van der Waals surface area contributed by atoms with Crippen LogP contribution < -0.4 is 10.5 Å². The van der Waals surface area contributed by atoms with Crippen LogP contribution in [0, 0.1) is 11.3 Å². The Morgan fingerprint density at radius 2 is 2.25 bits per heavy atom. The maximum atomic E-state index is 8.95. The first kappa shape index (κ1) is 10.1. The number of nitrogens with two attached hydrogens (primary N) is 1. The molecule has 1 heterocycles. The van der Waals surface area contributed by atoms with Crippen LogP contribution in [-0.2, 0) is 0 Å². The van der Waals surface area contributed by atoms with E-state index in [9.17, 15) is 0 Å². The monoisotopic (exact) mass is 214 g/mol. The lowest BCUT2D eigenvalue weighted by Crippen LogP contribution is -1.87. The van der Waals surface area contributed by atoms with Gasteiger partial charge in [-0.25, -0.2) is 0 Å². The molecular weight excluding hydrogens is 204 g/mol. The van der Waals surface area contributed by atoms with Crippen LogP contribution in [0.2, 0.25) is 0 Å². The van der Waals surface area contributed by atoms with Crippen LogP contribution >= 0.6 is 0 Å². The minimum atomic E-state index is 0.139. The topological polar surface area (TPSA) is 72.2 Å². The smallest absolute Gasteiger partial charge is 0.208 e. The van der Waals surface area contributed by atoms with Crippen LogP contribution in [0.3, 0.4) is 0 Å². The summed E-state index contributed by atoms with van der Waals surface area (Å²) in [6.07, 6.45) is 1.47. The number of ether oxygens (including phenoxy) is 1. The SMILES string of the molecule is COc1cccc(-c2coc(N)c2C#N)c1. The molecule has 0 spiro atoms. The molecule has 16 heavy (non-hydrogen) atoms. The second kappa shape index (κ2) is 3.99. The Morgan fingerprint density at radius 1 is 1.44 bits per heavy atom. The summed E-state index contributed by atoms with van der Waals surface area (Å²) in [4.78, 5) is 0. The van der Waals surface area contributed by atoms with E-state index in [0.29, 0.717) is 11.1 Å². The molecule has 1 aromatic heterocycles. The number of benzene rings is 1. The van der Waals surface area contributed by atoms with Gasteiger partial charge >= 0.3 is 0 Å². The third-order valence-electron chi connectivity index (χ3n) is 2.31. The van der Waals surface area contributed by atoms with Crippen molar-refractivity contribution in [2.75, 3.05) is 12.8 Å². The molecule has 0 amide bonds. The summed E-state index contributed by atoms with van der Waals surface area (Å²) in [5.41, 5.74) is 7.42. The van der Waals surface area contributed by atoms with Crippen molar-refractivity contribution in [2.24, 2.45) is 0 Å². The van der Waals surface area contributed by atoms with Gasteiger partial charge in [-0.2, -0.15) is 5.26 Å². The molecule has 0 fully saturated rings. The molecular formula is C12H10N2O2. The van der Waals surface area contributed by atoms with E-state index in [1.54, 1.807) is 7.11 Å². The lowest BCUT2D eigenvalue weighted by Gasteiger charge is -2.02. The highest BCUT2D eigenvalue weighted by molar-refractivity contribution is 5.75. The minimum Gasteiger partial charge on any atom is -0.497 e. The van der Waals surface area contributed by atoms with Gasteiger partial charge < -0.3 is 14.9 Å². The quantitative estimate of drug-likeness (QED) is 0.833. The van der Waals surface area contributed by atoms with Crippen LogP contribution in [0.1, 0.15) is 5.56 Å². The molecule has 0 aliphatic heterocycles. The van der Waals surface area contributed by atoms with Gasteiger partial charge in [0.2, 0.25) is 5.88 Å². The maximum absolute atomic E-state index is 8.95. The average molecular weight is 214 g/mol. The molecule has 4 nitrogen and oxygen atoms in total. The first-order valence-corrected chi connectivity index (χ1v) is 4.67. The number of furan rings is 1. The fourth-order valence-electron chi connectivity index (χ4n) is 1.49. The second-order valence-corrected chi connectivity index (χ2v) is 3.23. The number of nitrogen functional groups attached to an aromatic ring is 1. The lowest BCUT2D eigenvalue weighted by molar-refractivity contribution is 0.415. The summed E-state index contributed by atoms with van der Waals surface area (Å²) >= 11 is 0. The molecule has 2 aromatic rings. The van der Waals surface area contributed by atoms with Crippen molar-refractivity contribution in [1.29, 1.82) is 5.26 Å². The number of rotatable bonds is 2. The van der Waals surface area contributed by atoms with Gasteiger partial charge in [-0.15, -0.1) is 0 Å². The highest BCUT2D eigenvalue weighted by Crippen LogP contribution is 2.30. The zero-order valence-electron chi connectivity index (χ0n) is 8.73. The molecule has 0 atom stereocenters. The number of hydrogen-bond donors (Lipinski definition) is 1. The molecule has 0 bridgehead atoms. The standard InChI is InChI=1S/C12H10N2O2/c1-15-9-4-2-3-8(5-9)11-7-16-12(14)10(11)6-13/h2-5,7H,14H2,1H3. The second-order valence-electron chi connectivity index (χ2n) is 3.23. The Kier molecular flexibility index (Phi) is 2.52. The van der Waals surface area contributed by atoms with Gasteiger partial charge in [-0.05, 0) is 17.7 Å². The van der Waals surface area contributed by atoms with Crippen molar-refractivity contribution in [3.05, 3.63) is 36.1 Å². The van der Waals surface area contributed by atoms with E-state index in [-0.39, 0.29) is 5.88 Å². The summed E-state index contributed by atoms with van der Waals surface area (Å²) in [5.74, 6) is 0.862. The molecule has 4 heteroatoms. The van der Waals surface area contributed by atoms with Gasteiger partial charge in [0.25, 0.3) is 0 Å². The van der Waals surface area contributed by atoms with E-state index < -0.39 is 0 Å². The molecule has 0 saturated carbocycles. The number of nitriles is 1. The fraction of sp³-hybridized carbons (Fsp3) is 0.0833. The summed E-state index contributed by atoms with van der Waals surface area (Å²) in [6.45, 7) is 0. The lowest BCUT2D eigenvalue weighted by atomic mass is 10.0. The Labute approximate surface area is 92.9 Å². The Morgan fingerprint density at radius 3 is 2.94 bits per heavy atom. The van der Waals surface area contributed by atoms with Crippen molar-refractivity contribution < 1.29 is 9.15 Å². The van der Waals surface area contributed by atoms with E-state index in [4.69, 9.17) is 20.1 Å². The first-order chi connectivity index (χ1) is 7.76. The molecule has 2 N–H and O–H groups in total. The number of hydrogen-bond acceptors (Lipinski definition) is 4.